The molecule has 1 aromatic heterocycles. The standard InChI is InChI=1S/C24H29N3O4S/c1-16(18-13-12-17(30-2)15-21(18)31-3)25-22(28)11-5-4-8-14-27-23(29)19-9-6-7-10-20(19)26-24(27)32/h6-7,9-10,12-13,15-16H,4-5,8,11,14H2,1-3H3,(H,25,28)(H,26,32). The fourth-order valence-corrected chi connectivity index (χ4v) is 3.99. The van der Waals surface area contributed by atoms with E-state index in [9.17, 15) is 9.59 Å². The van der Waals surface area contributed by atoms with Crippen LogP contribution in [0.3, 0.4) is 0 Å². The molecule has 0 saturated heterocycles. The molecule has 1 atom stereocenters. The van der Waals surface area contributed by atoms with Crippen LogP contribution in [0.5, 0.6) is 11.5 Å². The van der Waals surface area contributed by atoms with Crippen LogP contribution in [0.1, 0.15) is 44.2 Å². The maximum Gasteiger partial charge on any atom is 0.262 e. The molecular weight excluding hydrogens is 426 g/mol. The van der Waals surface area contributed by atoms with Crippen molar-refractivity contribution < 1.29 is 14.3 Å². The Labute approximate surface area is 192 Å². The zero-order valence-corrected chi connectivity index (χ0v) is 19.5. The number of methoxy groups -OCH3 is 2. The van der Waals surface area contributed by atoms with Gasteiger partial charge >= 0.3 is 0 Å². The van der Waals surface area contributed by atoms with Gasteiger partial charge in [0.2, 0.25) is 5.91 Å². The van der Waals surface area contributed by atoms with Gasteiger partial charge in [-0.05, 0) is 56.2 Å². The molecule has 0 aliphatic rings. The summed E-state index contributed by atoms with van der Waals surface area (Å²) in [5.74, 6) is 1.36. The van der Waals surface area contributed by atoms with Crippen LogP contribution in [-0.4, -0.2) is 29.7 Å². The molecule has 0 bridgehead atoms. The average molecular weight is 456 g/mol. The second-order valence-electron chi connectivity index (χ2n) is 7.64. The summed E-state index contributed by atoms with van der Waals surface area (Å²) in [6.07, 6.45) is 2.74. The van der Waals surface area contributed by atoms with Gasteiger partial charge in [0.05, 0.1) is 31.2 Å². The monoisotopic (exact) mass is 455 g/mol. The summed E-state index contributed by atoms with van der Waals surface area (Å²) in [6.45, 7) is 2.45. The Morgan fingerprint density at radius 1 is 1.12 bits per heavy atom. The van der Waals surface area contributed by atoms with E-state index in [1.807, 2.05) is 37.3 Å². The number of hydrogen-bond acceptors (Lipinski definition) is 5. The van der Waals surface area contributed by atoms with Crippen molar-refractivity contribution in [2.75, 3.05) is 14.2 Å². The Hall–Kier alpha value is -3.13. The van der Waals surface area contributed by atoms with E-state index >= 15 is 0 Å². The molecule has 2 N–H and O–H groups in total. The summed E-state index contributed by atoms with van der Waals surface area (Å²) in [5.41, 5.74) is 1.56. The Balaban J connectivity index is 1.48. The molecular formula is C24H29N3O4S. The van der Waals surface area contributed by atoms with E-state index in [2.05, 4.69) is 10.3 Å². The van der Waals surface area contributed by atoms with Crippen LogP contribution in [0.2, 0.25) is 0 Å². The maximum atomic E-state index is 12.7. The largest absolute Gasteiger partial charge is 0.497 e. The second kappa shape index (κ2) is 10.9. The molecule has 1 heterocycles. The minimum Gasteiger partial charge on any atom is -0.497 e. The van der Waals surface area contributed by atoms with Crippen molar-refractivity contribution in [2.45, 2.75) is 45.2 Å². The number of ether oxygens (including phenoxy) is 2. The number of nitrogens with one attached hydrogen (secondary N) is 2. The second-order valence-corrected chi connectivity index (χ2v) is 8.03. The highest BCUT2D eigenvalue weighted by Crippen LogP contribution is 2.29. The van der Waals surface area contributed by atoms with Crippen LogP contribution in [0, 0.1) is 4.77 Å². The highest BCUT2D eigenvalue weighted by molar-refractivity contribution is 7.71. The van der Waals surface area contributed by atoms with E-state index in [4.69, 9.17) is 21.7 Å². The molecule has 3 aromatic rings. The van der Waals surface area contributed by atoms with Crippen molar-refractivity contribution in [2.24, 2.45) is 0 Å². The highest BCUT2D eigenvalue weighted by Gasteiger charge is 2.15. The van der Waals surface area contributed by atoms with E-state index in [-0.39, 0.29) is 17.5 Å². The van der Waals surface area contributed by atoms with E-state index in [1.54, 1.807) is 30.9 Å². The molecule has 1 amide bonds. The van der Waals surface area contributed by atoms with Gasteiger partial charge in [-0.2, -0.15) is 0 Å². The summed E-state index contributed by atoms with van der Waals surface area (Å²) >= 11 is 5.34. The number of para-hydroxylation sites is 1. The van der Waals surface area contributed by atoms with Gasteiger partial charge < -0.3 is 19.8 Å². The smallest absolute Gasteiger partial charge is 0.262 e. The molecule has 0 spiro atoms. The first-order chi connectivity index (χ1) is 15.4. The first-order valence-electron chi connectivity index (χ1n) is 10.7. The number of H-pyrrole nitrogens is 1. The van der Waals surface area contributed by atoms with Gasteiger partial charge in [0.15, 0.2) is 4.77 Å². The van der Waals surface area contributed by atoms with E-state index in [0.29, 0.717) is 34.6 Å². The lowest BCUT2D eigenvalue weighted by molar-refractivity contribution is -0.121. The quantitative estimate of drug-likeness (QED) is 0.347. The summed E-state index contributed by atoms with van der Waals surface area (Å²) in [6, 6.07) is 12.7. The molecule has 0 fully saturated rings. The van der Waals surface area contributed by atoms with Crippen molar-refractivity contribution in [3.05, 3.63) is 63.2 Å². The van der Waals surface area contributed by atoms with Crippen LogP contribution in [-0.2, 0) is 11.3 Å². The van der Waals surface area contributed by atoms with Crippen molar-refractivity contribution in [3.8, 4) is 11.5 Å². The molecule has 2 aromatic carbocycles. The Morgan fingerprint density at radius 2 is 1.91 bits per heavy atom. The third-order valence-electron chi connectivity index (χ3n) is 5.46. The van der Waals surface area contributed by atoms with Gasteiger partial charge in [0, 0.05) is 24.6 Å². The van der Waals surface area contributed by atoms with Gasteiger partial charge in [-0.25, -0.2) is 0 Å². The van der Waals surface area contributed by atoms with Crippen LogP contribution in [0.4, 0.5) is 0 Å². The number of unbranched alkanes of at least 4 members (excludes halogenated alkanes) is 2. The Bertz CT molecular complexity index is 1200. The third-order valence-corrected chi connectivity index (χ3v) is 5.78. The summed E-state index contributed by atoms with van der Waals surface area (Å²) < 4.78 is 12.7. The van der Waals surface area contributed by atoms with Crippen molar-refractivity contribution in [1.82, 2.24) is 14.9 Å². The molecule has 1 unspecified atom stereocenters. The van der Waals surface area contributed by atoms with Crippen molar-refractivity contribution in [1.29, 1.82) is 0 Å². The number of aromatic amines is 1. The molecule has 0 aliphatic carbocycles. The zero-order chi connectivity index (χ0) is 23.1. The van der Waals surface area contributed by atoms with Crippen molar-refractivity contribution >= 4 is 29.0 Å². The number of fused-ring (bicyclic) bond motifs is 1. The molecule has 3 rings (SSSR count). The lowest BCUT2D eigenvalue weighted by Crippen LogP contribution is -2.26. The van der Waals surface area contributed by atoms with Gasteiger partial charge in [-0.3, -0.25) is 14.2 Å². The predicted molar refractivity (Wildman–Crippen MR) is 128 cm³/mol. The number of benzene rings is 2. The van der Waals surface area contributed by atoms with Gasteiger partial charge in [0.25, 0.3) is 5.56 Å². The Morgan fingerprint density at radius 3 is 2.66 bits per heavy atom. The summed E-state index contributed by atoms with van der Waals surface area (Å²) in [4.78, 5) is 28.2. The molecule has 0 saturated carbocycles. The number of carbonyl (C=O) groups excluding carboxylic acids is 1. The van der Waals surface area contributed by atoms with E-state index < -0.39 is 0 Å². The lowest BCUT2D eigenvalue weighted by atomic mass is 10.1. The lowest BCUT2D eigenvalue weighted by Gasteiger charge is -2.18. The maximum absolute atomic E-state index is 12.7. The fourth-order valence-electron chi connectivity index (χ4n) is 3.70. The first-order valence-corrected chi connectivity index (χ1v) is 11.1. The predicted octanol–water partition coefficient (Wildman–Crippen LogP) is 4.51. The number of carbonyl (C=O) groups is 1. The number of aromatic nitrogens is 2. The molecule has 170 valence electrons. The highest BCUT2D eigenvalue weighted by atomic mass is 32.1. The number of nitrogens with zero attached hydrogens (tertiary/aromatic N) is 1. The molecule has 0 radical (unpaired) electrons. The van der Waals surface area contributed by atoms with Crippen LogP contribution >= 0.6 is 12.2 Å². The first kappa shape index (κ1) is 23.5. The van der Waals surface area contributed by atoms with Gasteiger partial charge in [0.1, 0.15) is 11.5 Å². The fraction of sp³-hybridized carbons (Fsp3) is 0.375. The number of rotatable bonds is 10. The van der Waals surface area contributed by atoms with Crippen LogP contribution in [0.15, 0.2) is 47.3 Å². The SMILES string of the molecule is COc1ccc(C(C)NC(=O)CCCCCn2c(=S)[nH]c3ccccc3c2=O)c(OC)c1. The van der Waals surface area contributed by atoms with Crippen LogP contribution < -0.4 is 20.3 Å². The van der Waals surface area contributed by atoms with Gasteiger partial charge in [-0.15, -0.1) is 0 Å². The zero-order valence-electron chi connectivity index (χ0n) is 18.6. The number of hydrogen-bond donors (Lipinski definition) is 2. The van der Waals surface area contributed by atoms with Crippen molar-refractivity contribution in [3.63, 3.8) is 0 Å². The van der Waals surface area contributed by atoms with Gasteiger partial charge in [-0.1, -0.05) is 18.6 Å². The minimum absolute atomic E-state index is 0.0180. The topological polar surface area (TPSA) is 85.4 Å². The molecule has 32 heavy (non-hydrogen) atoms. The normalized spacial score (nSPS) is 11.8. The average Bonchev–Trinajstić information content (AvgIpc) is 2.80. The number of amides is 1. The molecule has 7 nitrogen and oxygen atoms in total. The van der Waals surface area contributed by atoms with E-state index in [1.165, 1.54) is 0 Å². The van der Waals surface area contributed by atoms with E-state index in [0.717, 1.165) is 30.3 Å². The van der Waals surface area contributed by atoms with Crippen LogP contribution in [0.25, 0.3) is 10.9 Å². The Kier molecular flexibility index (Phi) is 8.05. The molecule has 8 heteroatoms. The summed E-state index contributed by atoms with van der Waals surface area (Å²) in [5, 5.41) is 3.65. The third kappa shape index (κ3) is 5.56. The molecule has 0 aliphatic heterocycles. The summed E-state index contributed by atoms with van der Waals surface area (Å²) in [7, 11) is 3.20. The minimum atomic E-state index is -0.183.